The summed E-state index contributed by atoms with van der Waals surface area (Å²) in [6.45, 7) is 3.15. The second kappa shape index (κ2) is 8.28. The first kappa shape index (κ1) is 18.9. The van der Waals surface area contributed by atoms with Crippen molar-refractivity contribution in [2.45, 2.75) is 20.1 Å². The van der Waals surface area contributed by atoms with E-state index in [1.807, 2.05) is 37.3 Å². The van der Waals surface area contributed by atoms with E-state index in [4.69, 9.17) is 14.5 Å². The molecule has 0 fully saturated rings. The number of benzene rings is 2. The zero-order valence-electron chi connectivity index (χ0n) is 16.7. The van der Waals surface area contributed by atoms with E-state index in [0.29, 0.717) is 30.7 Å². The number of nitrogens with zero attached hydrogens (tertiary/aromatic N) is 3. The summed E-state index contributed by atoms with van der Waals surface area (Å²) in [5, 5.41) is 12.9. The number of ether oxygens (including phenoxy) is 2. The first-order chi connectivity index (χ1) is 14.2. The average molecular weight is 389 g/mol. The van der Waals surface area contributed by atoms with Crippen molar-refractivity contribution in [1.29, 1.82) is 0 Å². The number of hydrogen-bond acceptors (Lipinski definition) is 6. The van der Waals surface area contributed by atoms with Gasteiger partial charge in [0.25, 0.3) is 5.88 Å². The summed E-state index contributed by atoms with van der Waals surface area (Å²) in [6.07, 6.45) is 0. The van der Waals surface area contributed by atoms with Gasteiger partial charge in [-0.1, -0.05) is 48.5 Å². The van der Waals surface area contributed by atoms with E-state index in [-0.39, 0.29) is 0 Å². The SMILES string of the molecule is COCc1cccc2c(-c3nnc(OC)c(NCc4ccccc4)n3)c(C)[nH]c12. The number of aromatic amines is 1. The third-order valence-electron chi connectivity index (χ3n) is 4.78. The van der Waals surface area contributed by atoms with Gasteiger partial charge < -0.3 is 19.8 Å². The summed E-state index contributed by atoms with van der Waals surface area (Å²) < 4.78 is 10.7. The van der Waals surface area contributed by atoms with E-state index in [1.165, 1.54) is 0 Å². The number of anilines is 1. The van der Waals surface area contributed by atoms with Crippen LogP contribution in [0.1, 0.15) is 16.8 Å². The fourth-order valence-corrected chi connectivity index (χ4v) is 3.43. The summed E-state index contributed by atoms with van der Waals surface area (Å²) in [5.41, 5.74) is 5.16. The molecule has 148 valence electrons. The lowest BCUT2D eigenvalue weighted by atomic mass is 10.1. The zero-order chi connectivity index (χ0) is 20.2. The number of para-hydroxylation sites is 1. The fourth-order valence-electron chi connectivity index (χ4n) is 3.43. The van der Waals surface area contributed by atoms with Gasteiger partial charge in [0.15, 0.2) is 11.6 Å². The van der Waals surface area contributed by atoms with Crippen LogP contribution in [0.2, 0.25) is 0 Å². The molecule has 0 amide bonds. The first-order valence-electron chi connectivity index (χ1n) is 9.37. The van der Waals surface area contributed by atoms with Gasteiger partial charge in [-0.05, 0) is 12.5 Å². The van der Waals surface area contributed by atoms with Crippen LogP contribution >= 0.6 is 0 Å². The molecule has 0 saturated carbocycles. The van der Waals surface area contributed by atoms with Gasteiger partial charge >= 0.3 is 0 Å². The average Bonchev–Trinajstić information content (AvgIpc) is 3.10. The molecule has 2 heterocycles. The topological polar surface area (TPSA) is 85.0 Å². The van der Waals surface area contributed by atoms with Crippen LogP contribution in [0.4, 0.5) is 5.82 Å². The van der Waals surface area contributed by atoms with Gasteiger partial charge in [0.05, 0.1) is 19.2 Å². The van der Waals surface area contributed by atoms with Gasteiger partial charge in [-0.2, -0.15) is 0 Å². The molecule has 0 aliphatic carbocycles. The van der Waals surface area contributed by atoms with E-state index in [2.05, 4.69) is 38.7 Å². The van der Waals surface area contributed by atoms with E-state index in [1.54, 1.807) is 14.2 Å². The number of methoxy groups -OCH3 is 2. The van der Waals surface area contributed by atoms with Crippen molar-refractivity contribution in [3.8, 4) is 17.3 Å². The molecular weight excluding hydrogens is 366 g/mol. The minimum absolute atomic E-state index is 0.363. The molecule has 0 saturated heterocycles. The van der Waals surface area contributed by atoms with Gasteiger partial charge in [-0.25, -0.2) is 4.98 Å². The second-order valence-electron chi connectivity index (χ2n) is 6.73. The van der Waals surface area contributed by atoms with Gasteiger partial charge in [-0.15, -0.1) is 10.2 Å². The molecule has 7 nitrogen and oxygen atoms in total. The summed E-state index contributed by atoms with van der Waals surface area (Å²) in [5.74, 6) is 1.46. The van der Waals surface area contributed by atoms with Crippen molar-refractivity contribution in [3.63, 3.8) is 0 Å². The van der Waals surface area contributed by atoms with Crippen molar-refractivity contribution in [2.75, 3.05) is 19.5 Å². The number of aromatic nitrogens is 4. The number of nitrogens with one attached hydrogen (secondary N) is 2. The van der Waals surface area contributed by atoms with Crippen molar-refractivity contribution < 1.29 is 9.47 Å². The monoisotopic (exact) mass is 389 g/mol. The Morgan fingerprint density at radius 3 is 2.59 bits per heavy atom. The number of fused-ring (bicyclic) bond motifs is 1. The molecule has 2 aromatic heterocycles. The molecule has 29 heavy (non-hydrogen) atoms. The summed E-state index contributed by atoms with van der Waals surface area (Å²) in [4.78, 5) is 8.17. The fraction of sp³-hybridized carbons (Fsp3) is 0.227. The van der Waals surface area contributed by atoms with Crippen LogP contribution in [0.25, 0.3) is 22.3 Å². The van der Waals surface area contributed by atoms with Gasteiger partial charge in [0, 0.05) is 35.9 Å². The first-order valence-corrected chi connectivity index (χ1v) is 9.37. The van der Waals surface area contributed by atoms with Crippen LogP contribution in [-0.2, 0) is 17.9 Å². The smallest absolute Gasteiger partial charge is 0.276 e. The van der Waals surface area contributed by atoms with Gasteiger partial charge in [-0.3, -0.25) is 0 Å². The Kier molecular flexibility index (Phi) is 5.39. The number of H-pyrrole nitrogens is 1. The molecule has 4 rings (SSSR count). The lowest BCUT2D eigenvalue weighted by molar-refractivity contribution is 0.186. The maximum atomic E-state index is 5.35. The normalized spacial score (nSPS) is 11.0. The third-order valence-corrected chi connectivity index (χ3v) is 4.78. The zero-order valence-corrected chi connectivity index (χ0v) is 16.7. The van der Waals surface area contributed by atoms with Crippen molar-refractivity contribution >= 4 is 16.7 Å². The second-order valence-corrected chi connectivity index (χ2v) is 6.73. The lowest BCUT2D eigenvalue weighted by Crippen LogP contribution is -2.07. The minimum atomic E-state index is 0.363. The highest BCUT2D eigenvalue weighted by atomic mass is 16.5. The molecule has 0 radical (unpaired) electrons. The van der Waals surface area contributed by atoms with E-state index in [9.17, 15) is 0 Å². The van der Waals surface area contributed by atoms with Crippen LogP contribution in [0, 0.1) is 6.92 Å². The molecule has 0 atom stereocenters. The molecule has 0 unspecified atom stereocenters. The predicted octanol–water partition coefficient (Wildman–Crippen LogP) is 4.10. The quantitative estimate of drug-likeness (QED) is 0.495. The van der Waals surface area contributed by atoms with Crippen LogP contribution in [0.5, 0.6) is 5.88 Å². The molecule has 7 heteroatoms. The molecule has 0 bridgehead atoms. The molecule has 2 aromatic carbocycles. The Morgan fingerprint density at radius 2 is 1.83 bits per heavy atom. The Morgan fingerprint density at radius 1 is 1.00 bits per heavy atom. The molecule has 2 N–H and O–H groups in total. The standard InChI is InChI=1S/C22H23N5O2/c1-14-18(17-11-7-10-16(13-28-2)19(17)24-14)20-25-21(22(29-3)27-26-20)23-12-15-8-5-4-6-9-15/h4-11,24H,12-13H2,1-3H3,(H,23,25,26). The molecule has 0 aliphatic rings. The van der Waals surface area contributed by atoms with E-state index in [0.717, 1.165) is 33.3 Å². The number of rotatable bonds is 7. The van der Waals surface area contributed by atoms with Crippen molar-refractivity contribution in [3.05, 3.63) is 65.4 Å². The van der Waals surface area contributed by atoms with Crippen LogP contribution < -0.4 is 10.1 Å². The Bertz CT molecular complexity index is 1120. The van der Waals surface area contributed by atoms with E-state index >= 15 is 0 Å². The molecule has 0 aliphatic heterocycles. The Balaban J connectivity index is 1.74. The summed E-state index contributed by atoms with van der Waals surface area (Å²) in [6, 6.07) is 16.2. The highest BCUT2D eigenvalue weighted by Crippen LogP contribution is 2.33. The van der Waals surface area contributed by atoms with Crippen molar-refractivity contribution in [2.24, 2.45) is 0 Å². The van der Waals surface area contributed by atoms with Gasteiger partial charge in [0.2, 0.25) is 0 Å². The Hall–Kier alpha value is -3.45. The maximum Gasteiger partial charge on any atom is 0.276 e. The van der Waals surface area contributed by atoms with Crippen LogP contribution in [-0.4, -0.2) is 34.4 Å². The minimum Gasteiger partial charge on any atom is -0.477 e. The predicted molar refractivity (Wildman–Crippen MR) is 113 cm³/mol. The van der Waals surface area contributed by atoms with Gasteiger partial charge in [0.1, 0.15) is 0 Å². The van der Waals surface area contributed by atoms with Crippen molar-refractivity contribution in [1.82, 2.24) is 20.2 Å². The number of hydrogen-bond donors (Lipinski definition) is 2. The molecule has 0 spiro atoms. The molecular formula is C22H23N5O2. The highest BCUT2D eigenvalue weighted by molar-refractivity contribution is 5.97. The Labute approximate surface area is 169 Å². The molecule has 4 aromatic rings. The van der Waals surface area contributed by atoms with E-state index < -0.39 is 0 Å². The maximum absolute atomic E-state index is 5.35. The number of aryl methyl sites for hydroxylation is 1. The largest absolute Gasteiger partial charge is 0.477 e. The summed E-state index contributed by atoms with van der Waals surface area (Å²) in [7, 11) is 3.25. The van der Waals surface area contributed by atoms with Crippen LogP contribution in [0.15, 0.2) is 48.5 Å². The highest BCUT2D eigenvalue weighted by Gasteiger charge is 2.18. The van der Waals surface area contributed by atoms with Crippen LogP contribution in [0.3, 0.4) is 0 Å². The third kappa shape index (κ3) is 3.77. The summed E-state index contributed by atoms with van der Waals surface area (Å²) >= 11 is 0. The lowest BCUT2D eigenvalue weighted by Gasteiger charge is -2.10.